The summed E-state index contributed by atoms with van der Waals surface area (Å²) >= 11 is 0. The van der Waals surface area contributed by atoms with E-state index in [2.05, 4.69) is 11.1 Å². The van der Waals surface area contributed by atoms with Crippen LogP contribution in [0.5, 0.6) is 5.75 Å². The van der Waals surface area contributed by atoms with Crippen LogP contribution in [0.2, 0.25) is 0 Å². The van der Waals surface area contributed by atoms with Crippen molar-refractivity contribution in [3.63, 3.8) is 0 Å². The molecule has 4 aliphatic heterocycles. The van der Waals surface area contributed by atoms with Gasteiger partial charge in [-0.1, -0.05) is 18.2 Å². The Hall–Kier alpha value is -2.25. The van der Waals surface area contributed by atoms with E-state index in [4.69, 9.17) is 14.2 Å². The number of hydrogen-bond donors (Lipinski definition) is 0. The predicted molar refractivity (Wildman–Crippen MR) is 124 cm³/mol. The highest BCUT2D eigenvalue weighted by Crippen LogP contribution is 2.38. The van der Waals surface area contributed by atoms with Gasteiger partial charge in [0.05, 0.1) is 31.3 Å². The molecule has 7 nitrogen and oxygen atoms in total. The first-order valence-corrected chi connectivity index (χ1v) is 12.5. The molecule has 178 valence electrons. The number of ether oxygens (including phenoxy) is 3. The van der Waals surface area contributed by atoms with E-state index in [-0.39, 0.29) is 36.5 Å². The molecular formula is C26H34N2O5. The molecule has 7 heteroatoms. The second kappa shape index (κ2) is 10.3. The van der Waals surface area contributed by atoms with Crippen LogP contribution in [0.1, 0.15) is 62.8 Å². The lowest BCUT2D eigenvalue weighted by atomic mass is 9.82. The van der Waals surface area contributed by atoms with Gasteiger partial charge in [0, 0.05) is 18.9 Å². The number of fused-ring (bicyclic) bond motifs is 5. The quantitative estimate of drug-likeness (QED) is 0.649. The van der Waals surface area contributed by atoms with Crippen LogP contribution in [0.4, 0.5) is 0 Å². The molecule has 2 atom stereocenters. The number of piperidine rings is 1. The summed E-state index contributed by atoms with van der Waals surface area (Å²) in [5.41, 5.74) is 1.97. The number of para-hydroxylation sites is 1. The number of aliphatic imine (C=N–C) groups is 1. The summed E-state index contributed by atoms with van der Waals surface area (Å²) in [5, 5.41) is 0. The molecule has 1 aromatic rings. The van der Waals surface area contributed by atoms with Gasteiger partial charge in [0.2, 0.25) is 0 Å². The fraction of sp³-hybridized carbons (Fsp3) is 0.654. The lowest BCUT2D eigenvalue weighted by molar-refractivity contribution is -0.136. The molecule has 2 bridgehead atoms. The molecule has 0 unspecified atom stereocenters. The van der Waals surface area contributed by atoms with Crippen molar-refractivity contribution in [2.45, 2.75) is 69.4 Å². The number of carbonyl (C=O) groups is 2. The number of nitrogens with zero attached hydrogens (tertiary/aromatic N) is 2. The van der Waals surface area contributed by atoms with Gasteiger partial charge in [0.1, 0.15) is 5.75 Å². The predicted octanol–water partition coefficient (Wildman–Crippen LogP) is 3.51. The fourth-order valence-corrected chi connectivity index (χ4v) is 5.66. The molecule has 5 aliphatic rings. The van der Waals surface area contributed by atoms with Crippen molar-refractivity contribution in [3.05, 3.63) is 29.8 Å². The molecule has 0 N–H and O–H groups in total. The van der Waals surface area contributed by atoms with Crippen LogP contribution < -0.4 is 4.74 Å². The molecule has 33 heavy (non-hydrogen) atoms. The molecule has 3 fully saturated rings. The van der Waals surface area contributed by atoms with Gasteiger partial charge >= 0.3 is 0 Å². The lowest BCUT2D eigenvalue weighted by Gasteiger charge is -2.37. The van der Waals surface area contributed by atoms with Gasteiger partial charge in [0.15, 0.2) is 6.61 Å². The van der Waals surface area contributed by atoms with Gasteiger partial charge in [-0.05, 0) is 68.9 Å². The van der Waals surface area contributed by atoms with Gasteiger partial charge in [0.25, 0.3) is 11.8 Å². The van der Waals surface area contributed by atoms with Crippen molar-refractivity contribution >= 4 is 17.5 Å². The molecule has 2 amide bonds. The Kier molecular flexibility index (Phi) is 7.07. The fourth-order valence-electron chi connectivity index (χ4n) is 5.66. The third kappa shape index (κ3) is 5.14. The van der Waals surface area contributed by atoms with Gasteiger partial charge in [-0.25, -0.2) is 4.99 Å². The largest absolute Gasteiger partial charge is 0.483 e. The summed E-state index contributed by atoms with van der Waals surface area (Å²) in [6.45, 7) is 2.16. The third-order valence-electron chi connectivity index (χ3n) is 7.55. The zero-order valence-corrected chi connectivity index (χ0v) is 19.2. The van der Waals surface area contributed by atoms with Crippen LogP contribution in [-0.2, 0) is 19.1 Å². The Labute approximate surface area is 195 Å². The van der Waals surface area contributed by atoms with Crippen molar-refractivity contribution in [3.8, 4) is 5.75 Å². The lowest BCUT2D eigenvalue weighted by Crippen LogP contribution is -2.53. The summed E-state index contributed by atoms with van der Waals surface area (Å²) in [7, 11) is 0. The normalized spacial score (nSPS) is 32.1. The van der Waals surface area contributed by atoms with Crippen LogP contribution in [0, 0.1) is 5.92 Å². The minimum absolute atomic E-state index is 0.0125. The number of benzene rings is 1. The highest BCUT2D eigenvalue weighted by atomic mass is 16.5. The maximum Gasteiger partial charge on any atom is 0.261 e. The van der Waals surface area contributed by atoms with Crippen molar-refractivity contribution in [1.29, 1.82) is 0 Å². The maximum atomic E-state index is 13.3. The Balaban J connectivity index is 1.39. The molecule has 1 aliphatic carbocycles. The van der Waals surface area contributed by atoms with Gasteiger partial charge in [-0.3, -0.25) is 9.59 Å². The van der Waals surface area contributed by atoms with Crippen molar-refractivity contribution in [2.75, 3.05) is 33.0 Å². The van der Waals surface area contributed by atoms with Crippen LogP contribution in [-0.4, -0.2) is 67.5 Å². The van der Waals surface area contributed by atoms with E-state index < -0.39 is 0 Å². The second-order valence-corrected chi connectivity index (χ2v) is 9.70. The minimum atomic E-state index is -0.308. The second-order valence-electron chi connectivity index (χ2n) is 9.70. The first-order valence-electron chi connectivity index (χ1n) is 12.5. The smallest absolute Gasteiger partial charge is 0.261 e. The SMILES string of the molecule is O=C(N=C1CCCN2C(=O)COc3ccccc3C3CCC(CC3)OC[C@@H]12)[C@@H]1CCCOC1. The minimum Gasteiger partial charge on any atom is -0.483 e. The van der Waals surface area contributed by atoms with E-state index >= 15 is 0 Å². The van der Waals surface area contributed by atoms with E-state index in [0.717, 1.165) is 56.4 Å². The van der Waals surface area contributed by atoms with Gasteiger partial charge in [-0.2, -0.15) is 0 Å². The Morgan fingerprint density at radius 3 is 2.70 bits per heavy atom. The Morgan fingerprint density at radius 1 is 1.03 bits per heavy atom. The summed E-state index contributed by atoms with van der Waals surface area (Å²) in [6, 6.07) is 7.79. The molecule has 1 aromatic carbocycles. The first kappa shape index (κ1) is 22.5. The molecular weight excluding hydrogens is 420 g/mol. The van der Waals surface area contributed by atoms with E-state index in [9.17, 15) is 9.59 Å². The molecule has 0 radical (unpaired) electrons. The van der Waals surface area contributed by atoms with Gasteiger partial charge in [-0.15, -0.1) is 0 Å². The highest BCUT2D eigenvalue weighted by molar-refractivity contribution is 6.01. The molecule has 0 aromatic heterocycles. The number of carbonyl (C=O) groups excluding carboxylic acids is 2. The highest BCUT2D eigenvalue weighted by Gasteiger charge is 2.35. The van der Waals surface area contributed by atoms with E-state index in [1.54, 1.807) is 0 Å². The average Bonchev–Trinajstić information content (AvgIpc) is 2.88. The van der Waals surface area contributed by atoms with E-state index in [1.165, 1.54) is 5.56 Å². The van der Waals surface area contributed by atoms with E-state index in [0.29, 0.717) is 38.7 Å². The summed E-state index contributed by atoms with van der Waals surface area (Å²) in [6.07, 6.45) is 7.47. The van der Waals surface area contributed by atoms with E-state index in [1.807, 2.05) is 23.1 Å². The zero-order chi connectivity index (χ0) is 22.6. The topological polar surface area (TPSA) is 77.4 Å². The van der Waals surface area contributed by atoms with Crippen LogP contribution in [0.15, 0.2) is 29.3 Å². The van der Waals surface area contributed by atoms with Crippen molar-refractivity contribution in [2.24, 2.45) is 10.9 Å². The van der Waals surface area contributed by atoms with Crippen LogP contribution in [0.25, 0.3) is 0 Å². The van der Waals surface area contributed by atoms with Crippen molar-refractivity contribution in [1.82, 2.24) is 4.90 Å². The monoisotopic (exact) mass is 454 g/mol. The summed E-state index contributed by atoms with van der Waals surface area (Å²) in [5.74, 6) is 0.873. The maximum absolute atomic E-state index is 13.3. The molecule has 2 saturated heterocycles. The van der Waals surface area contributed by atoms with Crippen LogP contribution >= 0.6 is 0 Å². The summed E-state index contributed by atoms with van der Waals surface area (Å²) < 4.78 is 17.9. The first-order chi connectivity index (χ1) is 16.2. The Morgan fingerprint density at radius 2 is 1.88 bits per heavy atom. The molecule has 0 spiro atoms. The van der Waals surface area contributed by atoms with Crippen LogP contribution in [0.3, 0.4) is 0 Å². The third-order valence-corrected chi connectivity index (χ3v) is 7.55. The standard InChI is InChI=1S/C26H34N2O5/c29-25-17-33-24-8-2-1-6-21(24)18-9-11-20(12-10-18)32-16-23-22(7-3-13-28(23)25)27-26(30)19-5-4-14-31-15-19/h1-2,6,8,18-20,23H,3-5,7,9-17H2/t18?,19-,20?,23+/m1/s1. The summed E-state index contributed by atoms with van der Waals surface area (Å²) in [4.78, 5) is 32.5. The average molecular weight is 455 g/mol. The number of amides is 2. The number of hydrogen-bond acceptors (Lipinski definition) is 5. The Bertz CT molecular complexity index is 886. The molecule has 6 rings (SSSR count). The molecule has 1 saturated carbocycles. The molecule has 4 heterocycles. The van der Waals surface area contributed by atoms with Gasteiger partial charge < -0.3 is 19.1 Å². The van der Waals surface area contributed by atoms with Crippen molar-refractivity contribution < 1.29 is 23.8 Å². The number of rotatable bonds is 1. The zero-order valence-electron chi connectivity index (χ0n) is 19.2.